The van der Waals surface area contributed by atoms with E-state index in [0.717, 1.165) is 25.5 Å². The average molecular weight is 280 g/mol. The molecule has 1 aromatic heterocycles. The third kappa shape index (κ3) is 3.37. The van der Waals surface area contributed by atoms with Crippen LogP contribution in [0.5, 0.6) is 0 Å². The summed E-state index contributed by atoms with van der Waals surface area (Å²) in [5.74, 6) is 1.26. The molecule has 1 aromatic rings. The van der Waals surface area contributed by atoms with E-state index in [1.807, 2.05) is 0 Å². The van der Waals surface area contributed by atoms with E-state index in [0.29, 0.717) is 24.6 Å². The molecule has 0 aromatic carbocycles. The van der Waals surface area contributed by atoms with Crippen molar-refractivity contribution in [1.82, 2.24) is 15.0 Å². The Balaban J connectivity index is 1.63. The lowest BCUT2D eigenvalue weighted by atomic mass is 10.1. The normalized spacial score (nSPS) is 24.0. The second-order valence-corrected chi connectivity index (χ2v) is 5.81. The Labute approximate surface area is 119 Å². The van der Waals surface area contributed by atoms with Gasteiger partial charge in [-0.25, -0.2) is 0 Å². The quantitative estimate of drug-likeness (QED) is 0.850. The minimum atomic E-state index is 0.308. The van der Waals surface area contributed by atoms with Crippen molar-refractivity contribution in [2.24, 2.45) is 5.73 Å². The number of hydrogen-bond acceptors (Lipinski definition) is 6. The zero-order valence-corrected chi connectivity index (χ0v) is 12.0. The van der Waals surface area contributed by atoms with E-state index in [1.54, 1.807) is 0 Å². The lowest BCUT2D eigenvalue weighted by Crippen LogP contribution is -2.38. The van der Waals surface area contributed by atoms with E-state index in [1.165, 1.54) is 38.5 Å². The van der Waals surface area contributed by atoms with Crippen LogP contribution in [0.3, 0.4) is 0 Å². The van der Waals surface area contributed by atoms with Crippen LogP contribution in [0.1, 0.15) is 50.2 Å². The molecule has 0 amide bonds. The first kappa shape index (κ1) is 14.0. The highest BCUT2D eigenvalue weighted by Crippen LogP contribution is 2.26. The maximum absolute atomic E-state index is 5.78. The van der Waals surface area contributed by atoms with E-state index in [4.69, 9.17) is 15.0 Å². The Morgan fingerprint density at radius 1 is 1.20 bits per heavy atom. The van der Waals surface area contributed by atoms with Gasteiger partial charge in [0.2, 0.25) is 5.89 Å². The van der Waals surface area contributed by atoms with Gasteiger partial charge in [0.25, 0.3) is 0 Å². The first-order chi connectivity index (χ1) is 9.85. The van der Waals surface area contributed by atoms with Gasteiger partial charge in [-0.05, 0) is 25.7 Å². The number of aromatic nitrogens is 2. The van der Waals surface area contributed by atoms with Crippen LogP contribution in [-0.2, 0) is 17.8 Å². The standard InChI is InChI=1S/C14H24N4O2/c15-8-14-16-13(17-20-14)10-18(11-4-1-2-5-11)9-12-6-3-7-19-12/h11-12H,1-10,15H2. The topological polar surface area (TPSA) is 77.4 Å². The lowest BCUT2D eigenvalue weighted by Gasteiger charge is -2.29. The molecule has 2 N–H and O–H groups in total. The molecule has 0 bridgehead atoms. The van der Waals surface area contributed by atoms with Crippen LogP contribution < -0.4 is 5.73 Å². The fourth-order valence-corrected chi connectivity index (χ4v) is 3.28. The highest BCUT2D eigenvalue weighted by molar-refractivity contribution is 4.89. The maximum atomic E-state index is 5.78. The Kier molecular flexibility index (Phi) is 4.65. The summed E-state index contributed by atoms with van der Waals surface area (Å²) >= 11 is 0. The molecule has 3 rings (SSSR count). The Hall–Kier alpha value is -0.980. The van der Waals surface area contributed by atoms with Gasteiger partial charge in [0.05, 0.1) is 19.2 Å². The van der Waals surface area contributed by atoms with Crippen LogP contribution in [0, 0.1) is 0 Å². The maximum Gasteiger partial charge on any atom is 0.240 e. The molecule has 1 aliphatic carbocycles. The van der Waals surface area contributed by atoms with E-state index in [-0.39, 0.29) is 0 Å². The SMILES string of the molecule is NCc1nc(CN(CC2CCCO2)C2CCCC2)no1. The number of nitrogens with zero attached hydrogens (tertiary/aromatic N) is 3. The second-order valence-electron chi connectivity index (χ2n) is 5.81. The number of hydrogen-bond donors (Lipinski definition) is 1. The van der Waals surface area contributed by atoms with Gasteiger partial charge in [0.15, 0.2) is 5.82 Å². The minimum absolute atomic E-state index is 0.308. The van der Waals surface area contributed by atoms with Crippen LogP contribution in [-0.4, -0.2) is 40.3 Å². The van der Waals surface area contributed by atoms with E-state index >= 15 is 0 Å². The Morgan fingerprint density at radius 3 is 2.70 bits per heavy atom. The highest BCUT2D eigenvalue weighted by atomic mass is 16.5. The van der Waals surface area contributed by atoms with Crippen LogP contribution in [0.25, 0.3) is 0 Å². The summed E-state index contributed by atoms with van der Waals surface area (Å²) in [4.78, 5) is 6.81. The molecular weight excluding hydrogens is 256 g/mol. The zero-order valence-electron chi connectivity index (χ0n) is 12.0. The highest BCUT2D eigenvalue weighted by Gasteiger charge is 2.28. The number of nitrogens with two attached hydrogens (primary N) is 1. The molecule has 112 valence electrons. The fraction of sp³-hybridized carbons (Fsp3) is 0.857. The van der Waals surface area contributed by atoms with Gasteiger partial charge < -0.3 is 15.0 Å². The zero-order chi connectivity index (χ0) is 13.8. The molecule has 1 saturated heterocycles. The first-order valence-corrected chi connectivity index (χ1v) is 7.72. The van der Waals surface area contributed by atoms with Gasteiger partial charge in [-0.1, -0.05) is 18.0 Å². The molecule has 1 saturated carbocycles. The van der Waals surface area contributed by atoms with Gasteiger partial charge >= 0.3 is 0 Å². The molecule has 2 aliphatic rings. The summed E-state index contributed by atoms with van der Waals surface area (Å²) in [5, 5.41) is 4.02. The number of ether oxygens (including phenoxy) is 1. The predicted octanol–water partition coefficient (Wildman–Crippen LogP) is 1.45. The first-order valence-electron chi connectivity index (χ1n) is 7.72. The molecule has 2 fully saturated rings. The molecular formula is C14H24N4O2. The van der Waals surface area contributed by atoms with Crippen LogP contribution >= 0.6 is 0 Å². The summed E-state index contributed by atoms with van der Waals surface area (Å²) in [5.41, 5.74) is 5.52. The molecule has 6 heteroatoms. The van der Waals surface area contributed by atoms with Crippen molar-refractivity contribution in [2.75, 3.05) is 13.2 Å². The van der Waals surface area contributed by atoms with E-state index < -0.39 is 0 Å². The van der Waals surface area contributed by atoms with Gasteiger partial charge in [-0.2, -0.15) is 4.98 Å². The van der Waals surface area contributed by atoms with Crippen molar-refractivity contribution >= 4 is 0 Å². The summed E-state index contributed by atoms with van der Waals surface area (Å²) in [6.07, 6.45) is 7.92. The van der Waals surface area contributed by atoms with Crippen molar-refractivity contribution < 1.29 is 9.26 Å². The third-order valence-corrected chi connectivity index (χ3v) is 4.33. The Bertz CT molecular complexity index is 411. The molecule has 6 nitrogen and oxygen atoms in total. The van der Waals surface area contributed by atoms with Gasteiger partial charge in [0.1, 0.15) is 0 Å². The lowest BCUT2D eigenvalue weighted by molar-refractivity contribution is 0.0527. The fourth-order valence-electron chi connectivity index (χ4n) is 3.28. The van der Waals surface area contributed by atoms with Crippen molar-refractivity contribution in [1.29, 1.82) is 0 Å². The smallest absolute Gasteiger partial charge is 0.240 e. The number of rotatable bonds is 6. The summed E-state index contributed by atoms with van der Waals surface area (Å²) in [6.45, 7) is 2.94. The predicted molar refractivity (Wildman–Crippen MR) is 73.8 cm³/mol. The monoisotopic (exact) mass is 280 g/mol. The van der Waals surface area contributed by atoms with E-state index in [9.17, 15) is 0 Å². The third-order valence-electron chi connectivity index (χ3n) is 4.33. The largest absolute Gasteiger partial charge is 0.377 e. The van der Waals surface area contributed by atoms with Gasteiger partial charge in [-0.15, -0.1) is 0 Å². The van der Waals surface area contributed by atoms with Gasteiger partial charge in [0, 0.05) is 19.2 Å². The second kappa shape index (κ2) is 6.65. The van der Waals surface area contributed by atoms with Crippen molar-refractivity contribution in [2.45, 2.75) is 63.8 Å². The summed E-state index contributed by atoms with van der Waals surface area (Å²) in [6, 6.07) is 0.638. The summed E-state index contributed by atoms with van der Waals surface area (Å²) in [7, 11) is 0. The van der Waals surface area contributed by atoms with Crippen molar-refractivity contribution in [3.05, 3.63) is 11.7 Å². The molecule has 1 unspecified atom stereocenters. The molecule has 2 heterocycles. The molecule has 1 atom stereocenters. The Morgan fingerprint density at radius 2 is 2.05 bits per heavy atom. The van der Waals surface area contributed by atoms with Crippen molar-refractivity contribution in [3.63, 3.8) is 0 Å². The molecule has 0 spiro atoms. The average Bonchev–Trinajstić information content (AvgIpc) is 3.21. The molecule has 20 heavy (non-hydrogen) atoms. The molecule has 0 radical (unpaired) electrons. The van der Waals surface area contributed by atoms with Gasteiger partial charge in [-0.3, -0.25) is 4.90 Å². The molecule has 1 aliphatic heterocycles. The van der Waals surface area contributed by atoms with Crippen LogP contribution in [0.4, 0.5) is 0 Å². The minimum Gasteiger partial charge on any atom is -0.377 e. The van der Waals surface area contributed by atoms with E-state index in [2.05, 4.69) is 15.0 Å². The van der Waals surface area contributed by atoms with Crippen LogP contribution in [0.15, 0.2) is 4.52 Å². The van der Waals surface area contributed by atoms with Crippen LogP contribution in [0.2, 0.25) is 0 Å². The summed E-state index contributed by atoms with van der Waals surface area (Å²) < 4.78 is 10.9. The van der Waals surface area contributed by atoms with Crippen molar-refractivity contribution in [3.8, 4) is 0 Å².